The summed E-state index contributed by atoms with van der Waals surface area (Å²) in [6, 6.07) is 5.46. The second kappa shape index (κ2) is 2.87. The average Bonchev–Trinajstić information content (AvgIpc) is 2.47. The number of nitriles is 1. The minimum atomic E-state index is 0.382. The molecule has 0 atom stereocenters. The minimum absolute atomic E-state index is 0.382. The molecule has 0 bridgehead atoms. The zero-order chi connectivity index (χ0) is 9.42. The van der Waals surface area contributed by atoms with E-state index in [2.05, 4.69) is 4.98 Å². The summed E-state index contributed by atoms with van der Waals surface area (Å²) in [4.78, 5) is 4.03. The summed E-state index contributed by atoms with van der Waals surface area (Å²) >= 11 is 7.28. The van der Waals surface area contributed by atoms with E-state index in [4.69, 9.17) is 22.6 Å². The van der Waals surface area contributed by atoms with Crippen molar-refractivity contribution in [3.8, 4) is 6.07 Å². The van der Waals surface area contributed by atoms with Gasteiger partial charge in [0.15, 0.2) is 5.13 Å². The normalized spacial score (nSPS) is 10.2. The quantitative estimate of drug-likeness (QED) is 0.725. The Morgan fingerprint density at radius 1 is 1.54 bits per heavy atom. The van der Waals surface area contributed by atoms with Gasteiger partial charge >= 0.3 is 0 Å². The Morgan fingerprint density at radius 2 is 2.31 bits per heavy atom. The van der Waals surface area contributed by atoms with Crippen LogP contribution in [-0.4, -0.2) is 4.98 Å². The fourth-order valence-electron chi connectivity index (χ4n) is 1.07. The van der Waals surface area contributed by atoms with Crippen LogP contribution in [0.25, 0.3) is 10.2 Å². The number of hydrogen-bond acceptors (Lipinski definition) is 4. The fraction of sp³-hybridized carbons (Fsp3) is 0. The molecular formula is C8H4ClN3S. The lowest BCUT2D eigenvalue weighted by Gasteiger charge is -1.93. The molecule has 13 heavy (non-hydrogen) atoms. The van der Waals surface area contributed by atoms with E-state index in [-0.39, 0.29) is 0 Å². The Balaban J connectivity index is 2.87. The van der Waals surface area contributed by atoms with Crippen LogP contribution in [0.4, 0.5) is 5.13 Å². The molecule has 0 amide bonds. The molecule has 2 rings (SSSR count). The molecule has 0 radical (unpaired) electrons. The highest BCUT2D eigenvalue weighted by Gasteiger charge is 2.08. The number of nitrogen functional groups attached to an aromatic ring is 1. The highest BCUT2D eigenvalue weighted by molar-refractivity contribution is 7.22. The molecule has 0 aliphatic rings. The van der Waals surface area contributed by atoms with Gasteiger partial charge in [-0.2, -0.15) is 5.26 Å². The predicted molar refractivity (Wildman–Crippen MR) is 53.8 cm³/mol. The zero-order valence-electron chi connectivity index (χ0n) is 6.41. The van der Waals surface area contributed by atoms with E-state index in [1.165, 1.54) is 11.3 Å². The van der Waals surface area contributed by atoms with Crippen molar-refractivity contribution in [3.63, 3.8) is 0 Å². The van der Waals surface area contributed by atoms with Gasteiger partial charge < -0.3 is 5.73 Å². The summed E-state index contributed by atoms with van der Waals surface area (Å²) in [6.45, 7) is 0. The smallest absolute Gasteiger partial charge is 0.181 e. The van der Waals surface area contributed by atoms with E-state index in [9.17, 15) is 0 Å². The molecular weight excluding hydrogens is 206 g/mol. The first-order chi connectivity index (χ1) is 6.22. The van der Waals surface area contributed by atoms with Gasteiger partial charge in [0.05, 0.1) is 15.3 Å². The summed E-state index contributed by atoms with van der Waals surface area (Å²) in [5.41, 5.74) is 6.56. The van der Waals surface area contributed by atoms with E-state index >= 15 is 0 Å². The summed E-state index contributed by atoms with van der Waals surface area (Å²) in [7, 11) is 0. The lowest BCUT2D eigenvalue weighted by atomic mass is 10.2. The number of halogens is 1. The monoisotopic (exact) mass is 209 g/mol. The van der Waals surface area contributed by atoms with Crippen molar-refractivity contribution in [1.82, 2.24) is 4.98 Å². The Kier molecular flexibility index (Phi) is 1.83. The van der Waals surface area contributed by atoms with E-state index in [1.807, 2.05) is 6.07 Å². The van der Waals surface area contributed by atoms with E-state index in [1.54, 1.807) is 12.1 Å². The van der Waals surface area contributed by atoms with Gasteiger partial charge in [-0.25, -0.2) is 4.98 Å². The second-order valence-electron chi connectivity index (χ2n) is 2.44. The molecule has 64 valence electrons. The molecule has 2 N–H and O–H groups in total. The van der Waals surface area contributed by atoms with Crippen LogP contribution in [0.5, 0.6) is 0 Å². The van der Waals surface area contributed by atoms with E-state index in [0.29, 0.717) is 21.2 Å². The Morgan fingerprint density at radius 3 is 3.00 bits per heavy atom. The van der Waals surface area contributed by atoms with Gasteiger partial charge in [-0.1, -0.05) is 22.9 Å². The summed E-state index contributed by atoms with van der Waals surface area (Å²) in [5, 5.41) is 9.54. The lowest BCUT2D eigenvalue weighted by molar-refractivity contribution is 1.46. The Bertz CT molecular complexity index is 512. The number of benzene rings is 1. The van der Waals surface area contributed by atoms with Gasteiger partial charge in [0.1, 0.15) is 11.6 Å². The average molecular weight is 210 g/mol. The highest BCUT2D eigenvalue weighted by Crippen LogP contribution is 2.31. The molecule has 5 heteroatoms. The first-order valence-electron chi connectivity index (χ1n) is 3.47. The van der Waals surface area contributed by atoms with Crippen LogP contribution in [0.2, 0.25) is 5.02 Å². The maximum atomic E-state index is 8.69. The van der Waals surface area contributed by atoms with Gasteiger partial charge in [0.25, 0.3) is 0 Å². The first kappa shape index (κ1) is 8.30. The summed E-state index contributed by atoms with van der Waals surface area (Å²) in [5.74, 6) is 0. The van der Waals surface area contributed by atoms with Crippen molar-refractivity contribution in [2.45, 2.75) is 0 Å². The number of nitrogens with zero attached hydrogens (tertiary/aromatic N) is 2. The lowest BCUT2D eigenvalue weighted by Crippen LogP contribution is -1.81. The van der Waals surface area contributed by atoms with Crippen LogP contribution in [0.15, 0.2) is 12.1 Å². The number of aromatic nitrogens is 1. The number of anilines is 1. The first-order valence-corrected chi connectivity index (χ1v) is 4.66. The van der Waals surface area contributed by atoms with Gasteiger partial charge in [-0.05, 0) is 12.1 Å². The maximum Gasteiger partial charge on any atom is 0.181 e. The third-order valence-corrected chi connectivity index (χ3v) is 2.87. The van der Waals surface area contributed by atoms with Crippen molar-refractivity contribution >= 4 is 38.3 Å². The second-order valence-corrected chi connectivity index (χ2v) is 3.88. The SMILES string of the molecule is N#Cc1ccc2sc(N)nc2c1Cl. The van der Waals surface area contributed by atoms with Crippen molar-refractivity contribution in [2.24, 2.45) is 0 Å². The van der Waals surface area contributed by atoms with Crippen molar-refractivity contribution in [2.75, 3.05) is 5.73 Å². The van der Waals surface area contributed by atoms with Crippen LogP contribution >= 0.6 is 22.9 Å². The number of thiazole rings is 1. The van der Waals surface area contributed by atoms with E-state index in [0.717, 1.165) is 4.70 Å². The van der Waals surface area contributed by atoms with Crippen molar-refractivity contribution in [3.05, 3.63) is 22.7 Å². The van der Waals surface area contributed by atoms with Crippen molar-refractivity contribution in [1.29, 1.82) is 5.26 Å². The zero-order valence-corrected chi connectivity index (χ0v) is 7.99. The highest BCUT2D eigenvalue weighted by atomic mass is 35.5. The molecule has 1 heterocycles. The van der Waals surface area contributed by atoms with Gasteiger partial charge in [-0.15, -0.1) is 0 Å². The van der Waals surface area contributed by atoms with E-state index < -0.39 is 0 Å². The Hall–Kier alpha value is -1.31. The van der Waals surface area contributed by atoms with Crippen LogP contribution in [-0.2, 0) is 0 Å². The third kappa shape index (κ3) is 1.22. The molecule has 0 saturated carbocycles. The number of hydrogen-bond donors (Lipinski definition) is 1. The molecule has 3 nitrogen and oxygen atoms in total. The van der Waals surface area contributed by atoms with Crippen LogP contribution in [0.1, 0.15) is 5.56 Å². The largest absolute Gasteiger partial charge is 0.375 e. The topological polar surface area (TPSA) is 62.7 Å². The minimum Gasteiger partial charge on any atom is -0.375 e. The summed E-state index contributed by atoms with van der Waals surface area (Å²) in [6.07, 6.45) is 0. The molecule has 0 saturated heterocycles. The molecule has 1 aromatic carbocycles. The van der Waals surface area contributed by atoms with Crippen LogP contribution in [0, 0.1) is 11.3 Å². The standard InChI is InChI=1S/C8H4ClN3S/c9-6-4(3-10)1-2-5-7(6)12-8(11)13-5/h1-2H,(H2,11,12). The molecule has 2 aromatic rings. The van der Waals surface area contributed by atoms with Crippen molar-refractivity contribution < 1.29 is 0 Å². The molecule has 0 aliphatic carbocycles. The summed E-state index contributed by atoms with van der Waals surface area (Å²) < 4.78 is 0.904. The number of nitrogens with two attached hydrogens (primary N) is 1. The number of fused-ring (bicyclic) bond motifs is 1. The van der Waals surface area contributed by atoms with Crippen LogP contribution < -0.4 is 5.73 Å². The fourth-order valence-corrected chi connectivity index (χ4v) is 2.11. The maximum absolute atomic E-state index is 8.69. The molecule has 1 aromatic heterocycles. The van der Waals surface area contributed by atoms with Gasteiger partial charge in [0, 0.05) is 0 Å². The molecule has 0 aliphatic heterocycles. The van der Waals surface area contributed by atoms with Gasteiger partial charge in [0.2, 0.25) is 0 Å². The van der Waals surface area contributed by atoms with Gasteiger partial charge in [-0.3, -0.25) is 0 Å². The number of rotatable bonds is 0. The Labute approximate surface area is 83.4 Å². The molecule has 0 unspecified atom stereocenters. The predicted octanol–water partition coefficient (Wildman–Crippen LogP) is 2.40. The molecule has 0 spiro atoms. The third-order valence-electron chi connectivity index (χ3n) is 1.64. The van der Waals surface area contributed by atoms with Crippen LogP contribution in [0.3, 0.4) is 0 Å². The molecule has 0 fully saturated rings.